The Morgan fingerprint density at radius 1 is 1.07 bits per heavy atom. The van der Waals surface area contributed by atoms with Crippen molar-refractivity contribution in [1.29, 1.82) is 0 Å². The number of benzene rings is 2. The van der Waals surface area contributed by atoms with Gasteiger partial charge in [-0.3, -0.25) is 4.98 Å². The zero-order valence-electron chi connectivity index (χ0n) is 15.9. The maximum Gasteiger partial charge on any atom is 0.387 e. The molecule has 0 radical (unpaired) electrons. The lowest BCUT2D eigenvalue weighted by Crippen LogP contribution is -2.31. The smallest absolute Gasteiger partial charge is 0.387 e. The highest BCUT2D eigenvalue weighted by Gasteiger charge is 2.37. The SMILES string of the molecule is Cc1cc(C2(c3cccc(-c4cccnc4)c3)C=C(N)NC2)ccc1OC(F)F. The average Bonchev–Trinajstić information content (AvgIpc) is 3.13. The van der Waals surface area contributed by atoms with Crippen LogP contribution in [0.5, 0.6) is 5.75 Å². The van der Waals surface area contributed by atoms with Gasteiger partial charge in [0.25, 0.3) is 0 Å². The minimum absolute atomic E-state index is 0.172. The Morgan fingerprint density at radius 2 is 1.86 bits per heavy atom. The predicted molar refractivity (Wildman–Crippen MR) is 109 cm³/mol. The summed E-state index contributed by atoms with van der Waals surface area (Å²) in [4.78, 5) is 4.20. The summed E-state index contributed by atoms with van der Waals surface area (Å²) in [5.41, 5.74) is 10.3. The van der Waals surface area contributed by atoms with E-state index in [4.69, 9.17) is 5.73 Å². The largest absolute Gasteiger partial charge is 0.435 e. The number of aryl methyl sites for hydroxylation is 1. The number of halogens is 2. The molecule has 0 bridgehead atoms. The molecule has 4 nitrogen and oxygen atoms in total. The van der Waals surface area contributed by atoms with Crippen molar-refractivity contribution < 1.29 is 13.5 Å². The van der Waals surface area contributed by atoms with Crippen LogP contribution in [0, 0.1) is 6.92 Å². The standard InChI is InChI=1S/C23H21F2N3O/c1-15-10-19(7-8-20(15)29-22(24)25)23(12-21(26)28-14-23)18-6-2-4-16(11-18)17-5-3-9-27-13-17/h2-13,22,28H,14,26H2,1H3. The first-order chi connectivity index (χ1) is 14.0. The van der Waals surface area contributed by atoms with E-state index < -0.39 is 12.0 Å². The van der Waals surface area contributed by atoms with Crippen molar-refractivity contribution >= 4 is 0 Å². The fraction of sp³-hybridized carbons (Fsp3) is 0.174. The number of ether oxygens (including phenoxy) is 1. The van der Waals surface area contributed by atoms with Gasteiger partial charge < -0.3 is 15.8 Å². The summed E-state index contributed by atoms with van der Waals surface area (Å²) in [6.45, 7) is -0.520. The van der Waals surface area contributed by atoms with Gasteiger partial charge in [-0.15, -0.1) is 0 Å². The lowest BCUT2D eigenvalue weighted by atomic mass is 9.74. The van der Waals surface area contributed by atoms with Gasteiger partial charge in [-0.25, -0.2) is 0 Å². The minimum atomic E-state index is -2.85. The Labute approximate surface area is 168 Å². The number of nitrogens with one attached hydrogen (secondary N) is 1. The zero-order valence-corrected chi connectivity index (χ0v) is 15.9. The summed E-state index contributed by atoms with van der Waals surface area (Å²) in [6.07, 6.45) is 5.55. The summed E-state index contributed by atoms with van der Waals surface area (Å²) in [6, 6.07) is 17.4. The summed E-state index contributed by atoms with van der Waals surface area (Å²) in [7, 11) is 0. The Balaban J connectivity index is 1.81. The van der Waals surface area contributed by atoms with Crippen molar-refractivity contribution in [1.82, 2.24) is 10.3 Å². The van der Waals surface area contributed by atoms with Gasteiger partial charge in [0.1, 0.15) is 5.75 Å². The lowest BCUT2D eigenvalue weighted by molar-refractivity contribution is -0.0503. The van der Waals surface area contributed by atoms with Crippen molar-refractivity contribution in [2.75, 3.05) is 6.54 Å². The summed E-state index contributed by atoms with van der Waals surface area (Å²) in [5, 5.41) is 3.21. The molecular weight excluding hydrogens is 372 g/mol. The molecule has 1 aromatic heterocycles. The van der Waals surface area contributed by atoms with Crippen molar-refractivity contribution in [3.63, 3.8) is 0 Å². The maximum atomic E-state index is 12.6. The molecule has 29 heavy (non-hydrogen) atoms. The summed E-state index contributed by atoms with van der Waals surface area (Å²) >= 11 is 0. The van der Waals surface area contributed by atoms with Crippen molar-refractivity contribution in [2.24, 2.45) is 5.73 Å². The van der Waals surface area contributed by atoms with Gasteiger partial charge in [0.15, 0.2) is 0 Å². The summed E-state index contributed by atoms with van der Waals surface area (Å²) in [5.74, 6) is 0.758. The molecule has 1 unspecified atom stereocenters. The second kappa shape index (κ2) is 7.54. The van der Waals surface area contributed by atoms with Crippen LogP contribution in [-0.2, 0) is 5.41 Å². The average molecular weight is 393 g/mol. The highest BCUT2D eigenvalue weighted by atomic mass is 19.3. The molecule has 6 heteroatoms. The monoisotopic (exact) mass is 393 g/mol. The van der Waals surface area contributed by atoms with E-state index in [0.29, 0.717) is 17.9 Å². The maximum absolute atomic E-state index is 12.6. The first-order valence-corrected chi connectivity index (χ1v) is 9.27. The Bertz CT molecular complexity index is 1050. The highest BCUT2D eigenvalue weighted by molar-refractivity contribution is 5.65. The van der Waals surface area contributed by atoms with E-state index in [1.54, 1.807) is 19.2 Å². The quantitative estimate of drug-likeness (QED) is 0.677. The van der Waals surface area contributed by atoms with Crippen LogP contribution in [0.15, 0.2) is 78.9 Å². The van der Waals surface area contributed by atoms with Gasteiger partial charge >= 0.3 is 6.61 Å². The molecule has 0 saturated carbocycles. The Kier molecular flexibility index (Phi) is 4.92. The molecule has 0 spiro atoms. The molecule has 0 saturated heterocycles. The van der Waals surface area contributed by atoms with E-state index in [2.05, 4.69) is 27.2 Å². The number of nitrogens with two attached hydrogens (primary N) is 1. The number of nitrogens with zero attached hydrogens (tertiary/aromatic N) is 1. The van der Waals surface area contributed by atoms with Crippen LogP contribution in [0.1, 0.15) is 16.7 Å². The second-order valence-electron chi connectivity index (χ2n) is 7.11. The van der Waals surface area contributed by atoms with Crippen LogP contribution in [0.3, 0.4) is 0 Å². The van der Waals surface area contributed by atoms with Gasteiger partial charge in [-0.05, 0) is 59.0 Å². The topological polar surface area (TPSA) is 60.2 Å². The number of rotatable bonds is 5. The molecular formula is C23H21F2N3O. The molecule has 3 N–H and O–H groups in total. The van der Waals surface area contributed by atoms with Gasteiger partial charge in [0.05, 0.1) is 11.2 Å². The van der Waals surface area contributed by atoms with E-state index in [1.807, 2.05) is 48.7 Å². The van der Waals surface area contributed by atoms with Gasteiger partial charge in [-0.2, -0.15) is 8.78 Å². The second-order valence-corrected chi connectivity index (χ2v) is 7.11. The van der Waals surface area contributed by atoms with Crippen LogP contribution in [0.4, 0.5) is 8.78 Å². The molecule has 1 atom stereocenters. The molecule has 0 amide bonds. The van der Waals surface area contributed by atoms with Gasteiger partial charge in [0, 0.05) is 18.9 Å². The van der Waals surface area contributed by atoms with Gasteiger partial charge in [0.2, 0.25) is 0 Å². The third-order valence-corrected chi connectivity index (χ3v) is 5.25. The van der Waals surface area contributed by atoms with Crippen molar-refractivity contribution in [2.45, 2.75) is 19.0 Å². The highest BCUT2D eigenvalue weighted by Crippen LogP contribution is 2.39. The molecule has 2 heterocycles. The fourth-order valence-electron chi connectivity index (χ4n) is 3.81. The third-order valence-electron chi connectivity index (χ3n) is 5.25. The lowest BCUT2D eigenvalue weighted by Gasteiger charge is -2.29. The van der Waals surface area contributed by atoms with Crippen LogP contribution in [0.2, 0.25) is 0 Å². The number of hydrogen-bond donors (Lipinski definition) is 2. The van der Waals surface area contributed by atoms with Crippen molar-refractivity contribution in [3.05, 3.63) is 95.6 Å². The molecule has 1 aliphatic rings. The first kappa shape index (κ1) is 18.9. The molecule has 0 aliphatic carbocycles. The normalized spacial score (nSPS) is 18.4. The number of pyridine rings is 1. The molecule has 0 fully saturated rings. The van der Waals surface area contributed by atoms with E-state index in [1.165, 1.54) is 0 Å². The van der Waals surface area contributed by atoms with E-state index in [0.717, 1.165) is 22.3 Å². The van der Waals surface area contributed by atoms with E-state index >= 15 is 0 Å². The fourth-order valence-corrected chi connectivity index (χ4v) is 3.81. The van der Waals surface area contributed by atoms with Crippen LogP contribution in [0.25, 0.3) is 11.1 Å². The number of aromatic nitrogens is 1. The molecule has 148 valence electrons. The molecule has 1 aliphatic heterocycles. The summed E-state index contributed by atoms with van der Waals surface area (Å²) < 4.78 is 29.9. The van der Waals surface area contributed by atoms with Crippen LogP contribution in [-0.4, -0.2) is 18.1 Å². The molecule has 4 rings (SSSR count). The van der Waals surface area contributed by atoms with Crippen LogP contribution < -0.4 is 15.8 Å². The number of alkyl halides is 2. The predicted octanol–water partition coefficient (Wildman–Crippen LogP) is 4.35. The minimum Gasteiger partial charge on any atom is -0.435 e. The Hall–Kier alpha value is -3.41. The number of hydrogen-bond acceptors (Lipinski definition) is 4. The first-order valence-electron chi connectivity index (χ1n) is 9.27. The molecule has 3 aromatic rings. The zero-order chi connectivity index (χ0) is 20.4. The third kappa shape index (κ3) is 3.66. The van der Waals surface area contributed by atoms with E-state index in [-0.39, 0.29) is 5.75 Å². The van der Waals surface area contributed by atoms with Gasteiger partial charge in [-0.1, -0.05) is 36.4 Å². The van der Waals surface area contributed by atoms with Crippen molar-refractivity contribution in [3.8, 4) is 16.9 Å². The van der Waals surface area contributed by atoms with E-state index in [9.17, 15) is 8.78 Å². The van der Waals surface area contributed by atoms with Crippen LogP contribution >= 0.6 is 0 Å². The molecule has 2 aromatic carbocycles. The Morgan fingerprint density at radius 3 is 2.52 bits per heavy atom.